The number of benzene rings is 4. The summed E-state index contributed by atoms with van der Waals surface area (Å²) in [5, 5.41) is 38.4. The molecule has 0 fully saturated rings. The van der Waals surface area contributed by atoms with E-state index in [0.717, 1.165) is 33.4 Å². The van der Waals surface area contributed by atoms with Crippen LogP contribution in [0.3, 0.4) is 0 Å². The van der Waals surface area contributed by atoms with Gasteiger partial charge in [-0.25, -0.2) is 0 Å². The van der Waals surface area contributed by atoms with Gasteiger partial charge in [-0.05, 0) is 70.8 Å². The van der Waals surface area contributed by atoms with Crippen LogP contribution >= 0.6 is 0 Å². The molecule has 1 aliphatic heterocycles. The first-order valence-corrected chi connectivity index (χ1v) is 10.5. The monoisotopic (exact) mass is 432 g/mol. The van der Waals surface area contributed by atoms with E-state index in [-0.39, 0.29) is 0 Å². The molecule has 34 heavy (non-hydrogen) atoms. The highest BCUT2D eigenvalue weighted by atomic mass is 16.5. The quantitative estimate of drug-likeness (QED) is 0.309. The Balaban J connectivity index is 1.84. The zero-order valence-corrected chi connectivity index (χ0v) is 17.6. The van der Waals surface area contributed by atoms with Crippen molar-refractivity contribution in [3.05, 3.63) is 117 Å². The lowest BCUT2D eigenvalue weighted by atomic mass is 9.65. The molecule has 0 amide bonds. The molecule has 0 radical (unpaired) electrons. The minimum atomic E-state index is -0.880. The number of hydrogen-bond donors (Lipinski definition) is 0. The van der Waals surface area contributed by atoms with Crippen molar-refractivity contribution >= 4 is 0 Å². The van der Waals surface area contributed by atoms with Crippen LogP contribution in [-0.2, 0) is 5.41 Å². The molecule has 5 nitrogen and oxygen atoms in total. The standard InChI is InChI=1S/C29H12N4O/c30-13-17-1-5-21-22-6-2-18(14-31)10-26(22)29(25(21)9-17)23-7-3-19(15-32)11-27(23)34-28-12-20(16-33)4-8-24(28)29/h1-12H. The van der Waals surface area contributed by atoms with Crippen LogP contribution in [-0.4, -0.2) is 0 Å². The van der Waals surface area contributed by atoms with Crippen LogP contribution in [0.1, 0.15) is 44.5 Å². The number of hydrogen-bond acceptors (Lipinski definition) is 5. The average Bonchev–Trinajstić information content (AvgIpc) is 3.17. The van der Waals surface area contributed by atoms with Gasteiger partial charge in [-0.3, -0.25) is 0 Å². The van der Waals surface area contributed by atoms with E-state index >= 15 is 0 Å². The molecule has 1 aliphatic carbocycles. The number of nitrogens with zero attached hydrogens (tertiary/aromatic N) is 4. The second-order valence-corrected chi connectivity index (χ2v) is 8.24. The number of nitriles is 4. The summed E-state index contributed by atoms with van der Waals surface area (Å²) in [4.78, 5) is 0. The van der Waals surface area contributed by atoms with Crippen LogP contribution in [0.25, 0.3) is 11.1 Å². The van der Waals surface area contributed by atoms with Gasteiger partial charge in [0.15, 0.2) is 0 Å². The molecular weight excluding hydrogens is 420 g/mol. The molecule has 4 aromatic rings. The molecule has 0 saturated heterocycles. The van der Waals surface area contributed by atoms with E-state index in [1.807, 2.05) is 36.4 Å². The van der Waals surface area contributed by atoms with Crippen LogP contribution in [0, 0.1) is 45.3 Å². The molecule has 6 rings (SSSR count). The van der Waals surface area contributed by atoms with E-state index < -0.39 is 5.41 Å². The average molecular weight is 432 g/mol. The molecule has 0 aromatic heterocycles. The molecule has 5 heteroatoms. The van der Waals surface area contributed by atoms with Crippen molar-refractivity contribution < 1.29 is 4.74 Å². The highest BCUT2D eigenvalue weighted by Gasteiger charge is 2.51. The maximum absolute atomic E-state index is 9.69. The topological polar surface area (TPSA) is 104 Å². The van der Waals surface area contributed by atoms with Gasteiger partial charge < -0.3 is 4.74 Å². The molecule has 154 valence electrons. The Morgan fingerprint density at radius 1 is 0.471 bits per heavy atom. The lowest BCUT2D eigenvalue weighted by Crippen LogP contribution is -2.32. The van der Waals surface area contributed by atoms with Crippen LogP contribution in [0.5, 0.6) is 11.5 Å². The van der Waals surface area contributed by atoms with Gasteiger partial charge in [0.05, 0.1) is 51.9 Å². The third-order valence-electron chi connectivity index (χ3n) is 6.64. The van der Waals surface area contributed by atoms with Gasteiger partial charge in [-0.2, -0.15) is 21.0 Å². The predicted molar refractivity (Wildman–Crippen MR) is 123 cm³/mol. The van der Waals surface area contributed by atoms with Crippen molar-refractivity contribution in [2.75, 3.05) is 0 Å². The normalized spacial score (nSPS) is 13.1. The van der Waals surface area contributed by atoms with Crippen LogP contribution < -0.4 is 4.74 Å². The van der Waals surface area contributed by atoms with Crippen molar-refractivity contribution in [2.45, 2.75) is 5.41 Å². The molecule has 0 atom stereocenters. The van der Waals surface area contributed by atoms with Crippen molar-refractivity contribution in [1.29, 1.82) is 21.0 Å². The smallest absolute Gasteiger partial charge is 0.133 e. The zero-order chi connectivity index (χ0) is 23.4. The second-order valence-electron chi connectivity index (χ2n) is 8.24. The third kappa shape index (κ3) is 2.33. The Labute approximate surface area is 195 Å². The van der Waals surface area contributed by atoms with Gasteiger partial charge in [0.2, 0.25) is 0 Å². The van der Waals surface area contributed by atoms with Gasteiger partial charge in [-0.15, -0.1) is 0 Å². The minimum Gasteiger partial charge on any atom is -0.457 e. The third-order valence-corrected chi connectivity index (χ3v) is 6.64. The summed E-state index contributed by atoms with van der Waals surface area (Å²) in [5.74, 6) is 1.01. The molecule has 2 aliphatic rings. The fourth-order valence-electron chi connectivity index (χ4n) is 5.28. The van der Waals surface area contributed by atoms with E-state index in [2.05, 4.69) is 24.3 Å². The summed E-state index contributed by atoms with van der Waals surface area (Å²) in [6, 6.07) is 30.7. The zero-order valence-electron chi connectivity index (χ0n) is 17.6. The Morgan fingerprint density at radius 3 is 1.26 bits per heavy atom. The lowest BCUT2D eigenvalue weighted by molar-refractivity contribution is 0.436. The predicted octanol–water partition coefficient (Wildman–Crippen LogP) is 5.64. The summed E-state index contributed by atoms with van der Waals surface area (Å²) in [7, 11) is 0. The fourth-order valence-corrected chi connectivity index (χ4v) is 5.28. The lowest BCUT2D eigenvalue weighted by Gasteiger charge is -2.39. The Morgan fingerprint density at radius 2 is 0.853 bits per heavy atom. The first-order valence-electron chi connectivity index (χ1n) is 10.5. The highest BCUT2D eigenvalue weighted by Crippen LogP contribution is 2.62. The van der Waals surface area contributed by atoms with E-state index in [1.165, 1.54) is 0 Å². The summed E-state index contributed by atoms with van der Waals surface area (Å²) >= 11 is 0. The van der Waals surface area contributed by atoms with Crippen LogP contribution in [0.15, 0.2) is 72.8 Å². The fraction of sp³-hybridized carbons (Fsp3) is 0.0345. The van der Waals surface area contributed by atoms with Gasteiger partial charge in [0.25, 0.3) is 0 Å². The number of fused-ring (bicyclic) bond motifs is 9. The number of ether oxygens (including phenoxy) is 1. The molecule has 0 unspecified atom stereocenters. The maximum atomic E-state index is 9.69. The van der Waals surface area contributed by atoms with E-state index in [1.54, 1.807) is 36.4 Å². The van der Waals surface area contributed by atoms with E-state index in [0.29, 0.717) is 33.8 Å². The molecule has 0 N–H and O–H groups in total. The van der Waals surface area contributed by atoms with E-state index in [9.17, 15) is 21.0 Å². The first-order chi connectivity index (χ1) is 16.6. The van der Waals surface area contributed by atoms with E-state index in [4.69, 9.17) is 4.74 Å². The summed E-state index contributed by atoms with van der Waals surface area (Å²) < 4.78 is 6.26. The number of rotatable bonds is 0. The molecule has 1 spiro atoms. The van der Waals surface area contributed by atoms with Crippen molar-refractivity contribution in [2.24, 2.45) is 0 Å². The Kier molecular flexibility index (Phi) is 3.88. The van der Waals surface area contributed by atoms with Gasteiger partial charge >= 0.3 is 0 Å². The highest BCUT2D eigenvalue weighted by molar-refractivity contribution is 5.89. The van der Waals surface area contributed by atoms with Crippen molar-refractivity contribution in [3.63, 3.8) is 0 Å². The molecule has 0 saturated carbocycles. The van der Waals surface area contributed by atoms with Crippen LogP contribution in [0.4, 0.5) is 0 Å². The Hall–Kier alpha value is -5.36. The van der Waals surface area contributed by atoms with Gasteiger partial charge in [0.1, 0.15) is 11.5 Å². The van der Waals surface area contributed by atoms with Gasteiger partial charge in [0, 0.05) is 11.1 Å². The summed E-state index contributed by atoms with van der Waals surface area (Å²) in [5.41, 5.74) is 6.41. The molecule has 0 bridgehead atoms. The first kappa shape index (κ1) is 19.3. The van der Waals surface area contributed by atoms with Gasteiger partial charge in [-0.1, -0.05) is 24.3 Å². The second kappa shape index (κ2) is 6.82. The minimum absolute atomic E-state index is 0.448. The molecule has 4 aromatic carbocycles. The SMILES string of the molecule is N#Cc1ccc2c(c1)Oc1cc(C#N)ccc1C21c2cc(C#N)ccc2-c2ccc(C#N)cc21. The van der Waals surface area contributed by atoms with Crippen molar-refractivity contribution in [1.82, 2.24) is 0 Å². The van der Waals surface area contributed by atoms with Crippen molar-refractivity contribution in [3.8, 4) is 46.9 Å². The molecule has 1 heterocycles. The summed E-state index contributed by atoms with van der Waals surface area (Å²) in [6.45, 7) is 0. The largest absolute Gasteiger partial charge is 0.457 e. The maximum Gasteiger partial charge on any atom is 0.133 e. The Bertz CT molecular complexity index is 1610. The summed E-state index contributed by atoms with van der Waals surface area (Å²) in [6.07, 6.45) is 0. The molecular formula is C29H12N4O. The van der Waals surface area contributed by atoms with Crippen LogP contribution in [0.2, 0.25) is 0 Å².